The van der Waals surface area contributed by atoms with Crippen molar-refractivity contribution in [1.82, 2.24) is 10.3 Å². The summed E-state index contributed by atoms with van der Waals surface area (Å²) in [6.45, 7) is 0.791. The molecule has 0 aliphatic carbocycles. The number of nitrogens with zero attached hydrogens (tertiary/aromatic N) is 1. The van der Waals surface area contributed by atoms with Crippen LogP contribution in [0, 0.1) is 5.92 Å². The Morgan fingerprint density at radius 3 is 2.87 bits per heavy atom. The molecule has 2 rings (SSSR count). The second-order valence-corrected chi connectivity index (χ2v) is 3.96. The average Bonchev–Trinajstić information content (AvgIpc) is 2.68. The van der Waals surface area contributed by atoms with Gasteiger partial charge in [-0.15, -0.1) is 0 Å². The summed E-state index contributed by atoms with van der Waals surface area (Å²) in [6.07, 6.45) is 5.19. The summed E-state index contributed by atoms with van der Waals surface area (Å²) in [5.41, 5.74) is 1.22. The van der Waals surface area contributed by atoms with E-state index in [9.17, 15) is 4.79 Å². The number of aliphatic carboxylic acids is 1. The Morgan fingerprint density at radius 2 is 2.27 bits per heavy atom. The number of carboxylic acids is 1. The van der Waals surface area contributed by atoms with Gasteiger partial charge in [0.25, 0.3) is 0 Å². The lowest BCUT2D eigenvalue weighted by atomic mass is 9.97. The Hall–Kier alpha value is -1.42. The molecule has 1 aliphatic rings. The van der Waals surface area contributed by atoms with Gasteiger partial charge in [0.05, 0.1) is 0 Å². The standard InChI is InChI=1S/C11H14N2O2/c14-11(15)10-6-9(7-13-10)5-8-1-3-12-4-2-8/h1-4,9-10,13H,5-7H2,(H,14,15)/t9-,10+/m1/s1. The van der Waals surface area contributed by atoms with Crippen molar-refractivity contribution >= 4 is 5.97 Å². The molecular weight excluding hydrogens is 192 g/mol. The molecule has 1 saturated heterocycles. The van der Waals surface area contributed by atoms with Gasteiger partial charge < -0.3 is 10.4 Å². The number of pyridine rings is 1. The molecule has 1 aromatic rings. The minimum atomic E-state index is -0.743. The van der Waals surface area contributed by atoms with Gasteiger partial charge in [0.1, 0.15) is 6.04 Å². The number of aromatic nitrogens is 1. The van der Waals surface area contributed by atoms with Crippen molar-refractivity contribution in [3.05, 3.63) is 30.1 Å². The predicted octanol–water partition coefficient (Wildman–Crippen LogP) is 0.687. The first kappa shape index (κ1) is 10.1. The number of carboxylic acid groups (broad SMARTS) is 1. The summed E-state index contributed by atoms with van der Waals surface area (Å²) < 4.78 is 0. The first-order valence-electron chi connectivity index (χ1n) is 5.11. The molecular formula is C11H14N2O2. The van der Waals surface area contributed by atoms with Crippen molar-refractivity contribution < 1.29 is 9.90 Å². The van der Waals surface area contributed by atoms with E-state index in [4.69, 9.17) is 5.11 Å². The molecule has 2 heterocycles. The van der Waals surface area contributed by atoms with Crippen LogP contribution in [0.25, 0.3) is 0 Å². The Bertz CT molecular complexity index is 340. The quantitative estimate of drug-likeness (QED) is 0.763. The fourth-order valence-electron chi connectivity index (χ4n) is 2.00. The molecule has 0 bridgehead atoms. The van der Waals surface area contributed by atoms with Crippen molar-refractivity contribution in [2.24, 2.45) is 5.92 Å². The zero-order chi connectivity index (χ0) is 10.7. The minimum Gasteiger partial charge on any atom is -0.480 e. The van der Waals surface area contributed by atoms with E-state index in [0.29, 0.717) is 5.92 Å². The van der Waals surface area contributed by atoms with Crippen LogP contribution in [0.5, 0.6) is 0 Å². The molecule has 1 aromatic heterocycles. The summed E-state index contributed by atoms with van der Waals surface area (Å²) in [5.74, 6) is -0.319. The van der Waals surface area contributed by atoms with Crippen LogP contribution in [0.3, 0.4) is 0 Å². The van der Waals surface area contributed by atoms with Gasteiger partial charge in [-0.1, -0.05) is 0 Å². The number of rotatable bonds is 3. The van der Waals surface area contributed by atoms with Gasteiger partial charge in [0.2, 0.25) is 0 Å². The first-order chi connectivity index (χ1) is 7.25. The number of hydrogen-bond donors (Lipinski definition) is 2. The normalized spacial score (nSPS) is 25.3. The molecule has 0 amide bonds. The van der Waals surface area contributed by atoms with Crippen LogP contribution in [0.15, 0.2) is 24.5 Å². The molecule has 15 heavy (non-hydrogen) atoms. The monoisotopic (exact) mass is 206 g/mol. The Morgan fingerprint density at radius 1 is 1.53 bits per heavy atom. The van der Waals surface area contributed by atoms with Crippen LogP contribution in [-0.4, -0.2) is 28.6 Å². The minimum absolute atomic E-state index is 0.364. The van der Waals surface area contributed by atoms with Crippen LogP contribution in [0.2, 0.25) is 0 Å². The average molecular weight is 206 g/mol. The van der Waals surface area contributed by atoms with E-state index in [1.807, 2.05) is 12.1 Å². The molecule has 2 atom stereocenters. The van der Waals surface area contributed by atoms with Gasteiger partial charge in [0.15, 0.2) is 0 Å². The maximum absolute atomic E-state index is 10.7. The van der Waals surface area contributed by atoms with Crippen molar-refractivity contribution in [3.63, 3.8) is 0 Å². The van der Waals surface area contributed by atoms with Gasteiger partial charge in [0, 0.05) is 12.4 Å². The second kappa shape index (κ2) is 4.40. The maximum Gasteiger partial charge on any atom is 0.320 e. The van der Waals surface area contributed by atoms with Gasteiger partial charge in [-0.25, -0.2) is 0 Å². The first-order valence-corrected chi connectivity index (χ1v) is 5.11. The van der Waals surface area contributed by atoms with E-state index in [-0.39, 0.29) is 6.04 Å². The zero-order valence-corrected chi connectivity index (χ0v) is 8.39. The number of carbonyl (C=O) groups is 1. The van der Waals surface area contributed by atoms with Crippen LogP contribution in [-0.2, 0) is 11.2 Å². The highest BCUT2D eigenvalue weighted by Gasteiger charge is 2.28. The highest BCUT2D eigenvalue weighted by molar-refractivity contribution is 5.73. The number of nitrogens with one attached hydrogen (secondary N) is 1. The zero-order valence-electron chi connectivity index (χ0n) is 8.39. The molecule has 1 fully saturated rings. The molecule has 1 aliphatic heterocycles. The molecule has 0 unspecified atom stereocenters. The van der Waals surface area contributed by atoms with Crippen LogP contribution >= 0.6 is 0 Å². The van der Waals surface area contributed by atoms with E-state index >= 15 is 0 Å². The van der Waals surface area contributed by atoms with Gasteiger partial charge >= 0.3 is 5.97 Å². The molecule has 0 radical (unpaired) electrons. The van der Waals surface area contributed by atoms with Crippen LogP contribution in [0.4, 0.5) is 0 Å². The van der Waals surface area contributed by atoms with Crippen molar-refractivity contribution in [1.29, 1.82) is 0 Å². The summed E-state index contributed by atoms with van der Waals surface area (Å²) in [7, 11) is 0. The van der Waals surface area contributed by atoms with Crippen molar-refractivity contribution in [3.8, 4) is 0 Å². The third-order valence-corrected chi connectivity index (χ3v) is 2.79. The number of hydrogen-bond acceptors (Lipinski definition) is 3. The predicted molar refractivity (Wildman–Crippen MR) is 55.5 cm³/mol. The molecule has 80 valence electrons. The molecule has 0 saturated carbocycles. The van der Waals surface area contributed by atoms with Crippen molar-refractivity contribution in [2.75, 3.05) is 6.54 Å². The highest BCUT2D eigenvalue weighted by atomic mass is 16.4. The smallest absolute Gasteiger partial charge is 0.320 e. The summed E-state index contributed by atoms with van der Waals surface area (Å²) in [4.78, 5) is 14.7. The lowest BCUT2D eigenvalue weighted by Gasteiger charge is -2.07. The highest BCUT2D eigenvalue weighted by Crippen LogP contribution is 2.18. The summed E-state index contributed by atoms with van der Waals surface area (Å²) in [6, 6.07) is 3.60. The van der Waals surface area contributed by atoms with E-state index in [0.717, 1.165) is 19.4 Å². The van der Waals surface area contributed by atoms with Crippen molar-refractivity contribution in [2.45, 2.75) is 18.9 Å². The van der Waals surface area contributed by atoms with Gasteiger partial charge in [-0.3, -0.25) is 9.78 Å². The SMILES string of the molecule is O=C(O)[C@@H]1C[C@@H](Cc2ccncc2)CN1. The molecule has 0 spiro atoms. The van der Waals surface area contributed by atoms with Gasteiger partial charge in [-0.2, -0.15) is 0 Å². The van der Waals surface area contributed by atoms with Crippen LogP contribution in [0.1, 0.15) is 12.0 Å². The fourth-order valence-corrected chi connectivity index (χ4v) is 2.00. The molecule has 0 aromatic carbocycles. The third-order valence-electron chi connectivity index (χ3n) is 2.79. The summed E-state index contributed by atoms with van der Waals surface area (Å²) in [5, 5.41) is 11.8. The lowest BCUT2D eigenvalue weighted by Crippen LogP contribution is -2.29. The van der Waals surface area contributed by atoms with E-state index in [2.05, 4.69) is 10.3 Å². The molecule has 4 nitrogen and oxygen atoms in total. The topological polar surface area (TPSA) is 62.2 Å². The Labute approximate surface area is 88.3 Å². The Kier molecular flexibility index (Phi) is 2.97. The second-order valence-electron chi connectivity index (χ2n) is 3.96. The maximum atomic E-state index is 10.7. The molecule has 4 heteroatoms. The molecule has 2 N–H and O–H groups in total. The third kappa shape index (κ3) is 2.53. The lowest BCUT2D eigenvalue weighted by molar-refractivity contribution is -0.139. The van der Waals surface area contributed by atoms with Crippen LogP contribution < -0.4 is 5.32 Å². The largest absolute Gasteiger partial charge is 0.480 e. The summed E-state index contributed by atoms with van der Waals surface area (Å²) >= 11 is 0. The van der Waals surface area contributed by atoms with E-state index < -0.39 is 5.97 Å². The van der Waals surface area contributed by atoms with Gasteiger partial charge in [-0.05, 0) is 43.0 Å². The fraction of sp³-hybridized carbons (Fsp3) is 0.455. The Balaban J connectivity index is 1.90. The van der Waals surface area contributed by atoms with E-state index in [1.165, 1.54) is 5.56 Å². The van der Waals surface area contributed by atoms with E-state index in [1.54, 1.807) is 12.4 Å².